The molecule has 0 aromatic heterocycles. The van der Waals surface area contributed by atoms with Crippen LogP contribution in [0, 0.1) is 9.39 Å². The van der Waals surface area contributed by atoms with Crippen molar-refractivity contribution < 1.29 is 22.7 Å². The van der Waals surface area contributed by atoms with E-state index in [1.54, 1.807) is 0 Å². The first-order valence-electron chi connectivity index (χ1n) is 4.36. The van der Waals surface area contributed by atoms with Crippen molar-refractivity contribution in [2.45, 2.75) is 0 Å². The smallest absolute Gasteiger partial charge is 0.324 e. The molecule has 94 valence electrons. The van der Waals surface area contributed by atoms with E-state index in [9.17, 15) is 17.6 Å². The quantitative estimate of drug-likeness (QED) is 0.808. The number of sulfonamides is 1. The Labute approximate surface area is 111 Å². The van der Waals surface area contributed by atoms with Gasteiger partial charge in [0, 0.05) is 3.57 Å². The molecule has 0 bridgehead atoms. The molecule has 17 heavy (non-hydrogen) atoms. The van der Waals surface area contributed by atoms with Gasteiger partial charge in [-0.25, -0.2) is 12.8 Å². The van der Waals surface area contributed by atoms with Gasteiger partial charge in [0.1, 0.15) is 12.4 Å². The summed E-state index contributed by atoms with van der Waals surface area (Å²) in [6.45, 7) is -0.809. The van der Waals surface area contributed by atoms with E-state index in [0.29, 0.717) is 7.88 Å². The first-order valence-corrected chi connectivity index (χ1v) is 7.29. The molecule has 8 heteroatoms. The lowest BCUT2D eigenvalue weighted by Crippen LogP contribution is -2.35. The van der Waals surface area contributed by atoms with Crippen LogP contribution in [0.5, 0.6) is 0 Å². The number of carboxylic acid groups (broad SMARTS) is 1. The predicted molar refractivity (Wildman–Crippen MR) is 68.9 cm³/mol. The van der Waals surface area contributed by atoms with Gasteiger partial charge in [-0.1, -0.05) is 0 Å². The zero-order valence-corrected chi connectivity index (χ0v) is 11.7. The van der Waals surface area contributed by atoms with E-state index in [1.807, 2.05) is 22.6 Å². The lowest BCUT2D eigenvalue weighted by atomic mass is 10.3. The maximum atomic E-state index is 13.6. The fourth-order valence-electron chi connectivity index (χ4n) is 1.19. The van der Waals surface area contributed by atoms with Crippen molar-refractivity contribution >= 4 is 44.3 Å². The zero-order chi connectivity index (χ0) is 13.2. The van der Waals surface area contributed by atoms with Crippen LogP contribution >= 0.6 is 22.6 Å². The van der Waals surface area contributed by atoms with Crippen molar-refractivity contribution in [2.24, 2.45) is 0 Å². The van der Waals surface area contributed by atoms with E-state index in [-0.39, 0.29) is 5.69 Å². The van der Waals surface area contributed by atoms with Gasteiger partial charge in [-0.2, -0.15) is 0 Å². The van der Waals surface area contributed by atoms with Crippen molar-refractivity contribution in [2.75, 3.05) is 17.1 Å². The molecule has 0 aliphatic carbocycles. The van der Waals surface area contributed by atoms with E-state index in [4.69, 9.17) is 5.11 Å². The van der Waals surface area contributed by atoms with Crippen molar-refractivity contribution in [3.8, 4) is 0 Å². The SMILES string of the molecule is CS(=O)(=O)N(CC(=O)O)c1ccc(I)cc1F. The summed E-state index contributed by atoms with van der Waals surface area (Å²) >= 11 is 1.87. The molecule has 0 radical (unpaired) electrons. The molecule has 1 N–H and O–H groups in total. The number of hydrogen-bond acceptors (Lipinski definition) is 3. The van der Waals surface area contributed by atoms with Crippen LogP contribution in [0.15, 0.2) is 18.2 Å². The van der Waals surface area contributed by atoms with Gasteiger partial charge >= 0.3 is 5.97 Å². The third kappa shape index (κ3) is 3.80. The third-order valence-corrected chi connectivity index (χ3v) is 3.66. The number of carboxylic acids is 1. The molecule has 5 nitrogen and oxygen atoms in total. The fraction of sp³-hybridized carbons (Fsp3) is 0.222. The summed E-state index contributed by atoms with van der Waals surface area (Å²) in [7, 11) is -3.84. The molecule has 0 fully saturated rings. The molecule has 1 aromatic rings. The van der Waals surface area contributed by atoms with Gasteiger partial charge in [0.25, 0.3) is 0 Å². The molecule has 0 aliphatic heterocycles. The van der Waals surface area contributed by atoms with Crippen molar-refractivity contribution in [1.29, 1.82) is 0 Å². The summed E-state index contributed by atoms with van der Waals surface area (Å²) in [5.41, 5.74) is -0.268. The van der Waals surface area contributed by atoms with Crippen LogP contribution in [0.4, 0.5) is 10.1 Å². The van der Waals surface area contributed by atoms with Gasteiger partial charge in [-0.15, -0.1) is 0 Å². The number of hydrogen-bond donors (Lipinski definition) is 1. The molecule has 0 amide bonds. The minimum Gasteiger partial charge on any atom is -0.480 e. The Morgan fingerprint density at radius 1 is 1.53 bits per heavy atom. The second-order valence-corrected chi connectivity index (χ2v) is 6.41. The monoisotopic (exact) mass is 373 g/mol. The summed E-state index contributed by atoms with van der Waals surface area (Å²) in [4.78, 5) is 10.6. The van der Waals surface area contributed by atoms with Crippen LogP contribution in [-0.2, 0) is 14.8 Å². The Bertz CT molecular complexity index is 546. The Kier molecular flexibility index (Phi) is 4.31. The maximum Gasteiger partial charge on any atom is 0.324 e. The van der Waals surface area contributed by atoms with E-state index >= 15 is 0 Å². The third-order valence-electron chi connectivity index (χ3n) is 1.86. The summed E-state index contributed by atoms with van der Waals surface area (Å²) in [6.07, 6.45) is 0.827. The highest BCUT2D eigenvalue weighted by atomic mass is 127. The number of nitrogens with zero attached hydrogens (tertiary/aromatic N) is 1. The fourth-order valence-corrected chi connectivity index (χ4v) is 2.49. The molecular weight excluding hydrogens is 364 g/mol. The average Bonchev–Trinajstić information content (AvgIpc) is 2.13. The Morgan fingerprint density at radius 2 is 2.12 bits per heavy atom. The summed E-state index contributed by atoms with van der Waals surface area (Å²) in [5.74, 6) is -2.13. The van der Waals surface area contributed by atoms with Gasteiger partial charge < -0.3 is 5.11 Å². The van der Waals surface area contributed by atoms with Gasteiger partial charge in [0.15, 0.2) is 0 Å². The summed E-state index contributed by atoms with van der Waals surface area (Å²) < 4.78 is 37.5. The molecule has 0 saturated carbocycles. The molecule has 0 atom stereocenters. The number of halogens is 2. The lowest BCUT2D eigenvalue weighted by molar-refractivity contribution is -0.135. The number of carbonyl (C=O) groups is 1. The number of aliphatic carboxylic acids is 1. The topological polar surface area (TPSA) is 74.7 Å². The molecule has 0 unspecified atom stereocenters. The van der Waals surface area contributed by atoms with Crippen LogP contribution in [0.3, 0.4) is 0 Å². The Balaban J connectivity index is 3.27. The molecular formula is C9H9FINO4S. The van der Waals surface area contributed by atoms with E-state index in [2.05, 4.69) is 0 Å². The largest absolute Gasteiger partial charge is 0.480 e. The first kappa shape index (κ1) is 14.2. The Hall–Kier alpha value is -0.900. The molecule has 1 aromatic carbocycles. The first-order chi connectivity index (χ1) is 7.71. The second-order valence-electron chi connectivity index (χ2n) is 3.26. The van der Waals surface area contributed by atoms with Crippen LogP contribution < -0.4 is 4.31 Å². The number of benzene rings is 1. The van der Waals surface area contributed by atoms with Crippen LogP contribution in [0.25, 0.3) is 0 Å². The van der Waals surface area contributed by atoms with E-state index in [1.165, 1.54) is 12.1 Å². The predicted octanol–water partition coefficient (Wildman–Crippen LogP) is 1.28. The molecule has 0 saturated heterocycles. The number of anilines is 1. The minimum absolute atomic E-state index is 0.268. The summed E-state index contributed by atoms with van der Waals surface area (Å²) in [5, 5.41) is 8.62. The number of rotatable bonds is 4. The van der Waals surface area contributed by atoms with Crippen LogP contribution in [0.2, 0.25) is 0 Å². The highest BCUT2D eigenvalue weighted by molar-refractivity contribution is 14.1. The second kappa shape index (κ2) is 5.17. The van der Waals surface area contributed by atoms with Gasteiger partial charge in [-0.3, -0.25) is 9.10 Å². The summed E-state index contributed by atoms with van der Waals surface area (Å²) in [6, 6.07) is 3.87. The minimum atomic E-state index is -3.84. The van der Waals surface area contributed by atoms with Crippen LogP contribution in [-0.4, -0.2) is 32.3 Å². The van der Waals surface area contributed by atoms with Gasteiger partial charge in [-0.05, 0) is 40.8 Å². The normalized spacial score (nSPS) is 11.2. The van der Waals surface area contributed by atoms with Crippen molar-refractivity contribution in [3.63, 3.8) is 0 Å². The molecule has 1 rings (SSSR count). The standard InChI is InChI=1S/C9H9FINO4S/c1-17(15,16)12(5-9(13)14)8-3-2-6(11)4-7(8)10/h2-4H,5H2,1H3,(H,13,14). The van der Waals surface area contributed by atoms with E-state index in [0.717, 1.165) is 12.3 Å². The highest BCUT2D eigenvalue weighted by Crippen LogP contribution is 2.23. The lowest BCUT2D eigenvalue weighted by Gasteiger charge is -2.20. The van der Waals surface area contributed by atoms with Gasteiger partial charge in [0.05, 0.1) is 11.9 Å². The maximum absolute atomic E-state index is 13.6. The highest BCUT2D eigenvalue weighted by Gasteiger charge is 2.23. The van der Waals surface area contributed by atoms with Gasteiger partial charge in [0.2, 0.25) is 10.0 Å². The molecule has 0 spiro atoms. The molecule has 0 heterocycles. The molecule has 0 aliphatic rings. The van der Waals surface area contributed by atoms with Crippen molar-refractivity contribution in [1.82, 2.24) is 0 Å². The van der Waals surface area contributed by atoms with E-state index < -0.39 is 28.4 Å². The average molecular weight is 373 g/mol. The van der Waals surface area contributed by atoms with Crippen molar-refractivity contribution in [3.05, 3.63) is 27.6 Å². The zero-order valence-electron chi connectivity index (χ0n) is 8.72. The Morgan fingerprint density at radius 3 is 2.53 bits per heavy atom. The van der Waals surface area contributed by atoms with Crippen LogP contribution in [0.1, 0.15) is 0 Å².